The van der Waals surface area contributed by atoms with Crippen LogP contribution in [0.2, 0.25) is 0 Å². The normalized spacial score (nSPS) is 11.3. The average Bonchev–Trinajstić information content (AvgIpc) is 3.13. The number of hydrogen-bond acceptors (Lipinski definition) is 6. The van der Waals surface area contributed by atoms with Gasteiger partial charge in [-0.25, -0.2) is 4.98 Å². The molecule has 1 aromatic carbocycles. The zero-order chi connectivity index (χ0) is 20.0. The van der Waals surface area contributed by atoms with Gasteiger partial charge in [0.15, 0.2) is 11.5 Å². The highest BCUT2D eigenvalue weighted by atomic mass is 32.1. The van der Waals surface area contributed by atoms with Crippen LogP contribution in [0.15, 0.2) is 23.6 Å². The molecule has 1 amide bonds. The van der Waals surface area contributed by atoms with Gasteiger partial charge in [-0.2, -0.15) is 0 Å². The molecule has 0 unspecified atom stereocenters. The Bertz CT molecular complexity index is 751. The Labute approximate surface area is 165 Å². The van der Waals surface area contributed by atoms with Crippen LogP contribution < -0.4 is 14.8 Å². The Morgan fingerprint density at radius 1 is 1.19 bits per heavy atom. The molecule has 0 aliphatic rings. The maximum Gasteiger partial charge on any atom is 0.270 e. The molecular weight excluding hydrogens is 362 g/mol. The summed E-state index contributed by atoms with van der Waals surface area (Å²) in [5.74, 6) is 1.09. The molecule has 0 fully saturated rings. The van der Waals surface area contributed by atoms with Crippen molar-refractivity contribution in [2.45, 2.75) is 39.8 Å². The van der Waals surface area contributed by atoms with Gasteiger partial charge in [0, 0.05) is 30.6 Å². The van der Waals surface area contributed by atoms with Gasteiger partial charge in [0.25, 0.3) is 5.91 Å². The lowest BCUT2D eigenvalue weighted by atomic mass is 10.2. The van der Waals surface area contributed by atoms with Gasteiger partial charge in [-0.3, -0.25) is 9.69 Å². The number of nitrogens with zero attached hydrogens (tertiary/aromatic N) is 2. The monoisotopic (exact) mass is 391 g/mol. The van der Waals surface area contributed by atoms with Crippen molar-refractivity contribution in [1.82, 2.24) is 15.2 Å². The summed E-state index contributed by atoms with van der Waals surface area (Å²) < 4.78 is 10.8. The molecule has 0 bridgehead atoms. The topological polar surface area (TPSA) is 63.7 Å². The molecule has 148 valence electrons. The van der Waals surface area contributed by atoms with Crippen LogP contribution in [-0.4, -0.2) is 55.2 Å². The third kappa shape index (κ3) is 5.20. The van der Waals surface area contributed by atoms with E-state index in [1.54, 1.807) is 19.6 Å². The molecule has 0 radical (unpaired) electrons. The first kappa shape index (κ1) is 21.2. The molecule has 1 heterocycles. The second-order valence-corrected chi connectivity index (χ2v) is 7.62. The van der Waals surface area contributed by atoms with E-state index >= 15 is 0 Å². The molecule has 0 atom stereocenters. The lowest BCUT2D eigenvalue weighted by Crippen LogP contribution is -2.42. The van der Waals surface area contributed by atoms with Crippen molar-refractivity contribution >= 4 is 17.2 Å². The maximum absolute atomic E-state index is 12.4. The van der Waals surface area contributed by atoms with Crippen LogP contribution in [0.1, 0.15) is 38.2 Å². The number of benzene rings is 1. The predicted octanol–water partition coefficient (Wildman–Crippen LogP) is 3.68. The zero-order valence-corrected chi connectivity index (χ0v) is 17.7. The van der Waals surface area contributed by atoms with Gasteiger partial charge in [-0.05, 0) is 39.8 Å². The van der Waals surface area contributed by atoms with Crippen LogP contribution in [-0.2, 0) is 0 Å². The lowest BCUT2D eigenvalue weighted by Gasteiger charge is -2.30. The van der Waals surface area contributed by atoms with Crippen molar-refractivity contribution < 1.29 is 14.3 Å². The zero-order valence-electron chi connectivity index (χ0n) is 16.9. The minimum absolute atomic E-state index is 0.160. The lowest BCUT2D eigenvalue weighted by molar-refractivity contribution is 0.0935. The third-order valence-electron chi connectivity index (χ3n) is 4.35. The number of aromatic nitrogens is 1. The number of carbonyl (C=O) groups is 1. The van der Waals surface area contributed by atoms with Crippen LogP contribution in [0, 0.1) is 0 Å². The molecule has 1 N–H and O–H groups in total. The standard InChI is InChI=1S/C20H29N3O3S/c1-13(2)23(14(3)4)11-10-21-19(24)16-12-27-20(22-16)15-8-7-9-17(25-5)18(15)26-6/h7-9,12-14H,10-11H2,1-6H3,(H,21,24). The van der Waals surface area contributed by atoms with Crippen LogP contribution in [0.3, 0.4) is 0 Å². The van der Waals surface area contributed by atoms with Crippen molar-refractivity contribution in [3.8, 4) is 22.1 Å². The number of thiazole rings is 1. The number of hydrogen-bond donors (Lipinski definition) is 1. The SMILES string of the molecule is COc1cccc(-c2nc(C(=O)NCCN(C(C)C)C(C)C)cs2)c1OC. The highest BCUT2D eigenvalue weighted by Crippen LogP contribution is 2.38. The van der Waals surface area contributed by atoms with Crippen molar-refractivity contribution in [2.24, 2.45) is 0 Å². The Kier molecular flexibility index (Phi) is 7.62. The molecule has 0 aliphatic heterocycles. The molecule has 0 saturated carbocycles. The summed E-state index contributed by atoms with van der Waals surface area (Å²) in [6.07, 6.45) is 0. The van der Waals surface area contributed by atoms with Crippen molar-refractivity contribution in [3.05, 3.63) is 29.3 Å². The summed E-state index contributed by atoms with van der Waals surface area (Å²) >= 11 is 1.41. The second-order valence-electron chi connectivity index (χ2n) is 6.76. The van der Waals surface area contributed by atoms with Crippen molar-refractivity contribution in [1.29, 1.82) is 0 Å². The maximum atomic E-state index is 12.4. The third-order valence-corrected chi connectivity index (χ3v) is 5.23. The van der Waals surface area contributed by atoms with E-state index in [4.69, 9.17) is 9.47 Å². The summed E-state index contributed by atoms with van der Waals surface area (Å²) in [6.45, 7) is 10.0. The molecule has 6 nitrogen and oxygen atoms in total. The average molecular weight is 392 g/mol. The summed E-state index contributed by atoms with van der Waals surface area (Å²) in [5, 5.41) is 5.46. The van der Waals surface area contributed by atoms with Crippen molar-refractivity contribution in [2.75, 3.05) is 27.3 Å². The molecular formula is C20H29N3O3S. The number of methoxy groups -OCH3 is 2. The van der Waals surface area contributed by atoms with Crippen LogP contribution >= 0.6 is 11.3 Å². The molecule has 0 aliphatic carbocycles. The number of amides is 1. The van der Waals surface area contributed by atoms with E-state index in [1.807, 2.05) is 18.2 Å². The number of ether oxygens (including phenoxy) is 2. The fourth-order valence-corrected chi connectivity index (χ4v) is 3.88. The van der Waals surface area contributed by atoms with Gasteiger partial charge in [-0.15, -0.1) is 11.3 Å². The van der Waals surface area contributed by atoms with E-state index in [2.05, 4.69) is 42.9 Å². The molecule has 0 saturated heterocycles. The highest BCUT2D eigenvalue weighted by molar-refractivity contribution is 7.13. The van der Waals surface area contributed by atoms with Crippen LogP contribution in [0.25, 0.3) is 10.6 Å². The van der Waals surface area contributed by atoms with Gasteiger partial charge >= 0.3 is 0 Å². The van der Waals surface area contributed by atoms with Gasteiger partial charge in [0.2, 0.25) is 0 Å². The number of para-hydroxylation sites is 1. The molecule has 7 heteroatoms. The second kappa shape index (κ2) is 9.71. The summed E-state index contributed by atoms with van der Waals surface area (Å²) in [4.78, 5) is 19.3. The Morgan fingerprint density at radius 2 is 1.89 bits per heavy atom. The van der Waals surface area contributed by atoms with Gasteiger partial charge in [0.05, 0.1) is 19.8 Å². The van der Waals surface area contributed by atoms with E-state index in [0.717, 1.165) is 17.1 Å². The molecule has 2 rings (SSSR count). The first-order valence-corrected chi connectivity index (χ1v) is 9.97. The van der Waals surface area contributed by atoms with E-state index in [9.17, 15) is 4.79 Å². The summed E-state index contributed by atoms with van der Waals surface area (Å²) in [6, 6.07) is 6.50. The summed E-state index contributed by atoms with van der Waals surface area (Å²) in [5.41, 5.74) is 1.23. The summed E-state index contributed by atoms with van der Waals surface area (Å²) in [7, 11) is 3.19. The first-order valence-electron chi connectivity index (χ1n) is 9.09. The number of rotatable bonds is 9. The molecule has 0 spiro atoms. The van der Waals surface area contributed by atoms with E-state index in [0.29, 0.717) is 35.8 Å². The fourth-order valence-electron chi connectivity index (χ4n) is 3.06. The van der Waals surface area contributed by atoms with E-state index < -0.39 is 0 Å². The Hall–Kier alpha value is -2.12. The number of nitrogens with one attached hydrogen (secondary N) is 1. The molecule has 2 aromatic rings. The fraction of sp³-hybridized carbons (Fsp3) is 0.500. The van der Waals surface area contributed by atoms with Gasteiger partial charge < -0.3 is 14.8 Å². The van der Waals surface area contributed by atoms with Gasteiger partial charge in [-0.1, -0.05) is 6.07 Å². The van der Waals surface area contributed by atoms with Crippen LogP contribution in [0.5, 0.6) is 11.5 Å². The molecule has 27 heavy (non-hydrogen) atoms. The van der Waals surface area contributed by atoms with E-state index in [1.165, 1.54) is 11.3 Å². The smallest absolute Gasteiger partial charge is 0.270 e. The van der Waals surface area contributed by atoms with Crippen molar-refractivity contribution in [3.63, 3.8) is 0 Å². The van der Waals surface area contributed by atoms with Gasteiger partial charge in [0.1, 0.15) is 10.7 Å². The predicted molar refractivity (Wildman–Crippen MR) is 110 cm³/mol. The Balaban J connectivity index is 2.06. The largest absolute Gasteiger partial charge is 0.493 e. The highest BCUT2D eigenvalue weighted by Gasteiger charge is 2.18. The van der Waals surface area contributed by atoms with Crippen LogP contribution in [0.4, 0.5) is 0 Å². The minimum atomic E-state index is -0.160. The molecule has 1 aromatic heterocycles. The number of carbonyl (C=O) groups excluding carboxylic acids is 1. The minimum Gasteiger partial charge on any atom is -0.493 e. The Morgan fingerprint density at radius 3 is 2.48 bits per heavy atom. The first-order chi connectivity index (χ1) is 12.9. The quantitative estimate of drug-likeness (QED) is 0.706. The van der Waals surface area contributed by atoms with E-state index in [-0.39, 0.29) is 5.91 Å².